The zero-order chi connectivity index (χ0) is 21.9. The standard InChI is InChI=1S/C22H30F2N4O2.HI/c1-4-25-22(26-13-16-6-5-7-17(12-16)15-28(2)3)27-14-20(29)18-8-10-19(11-9-18)30-21(23)24;/h5-12,20-21,29H,4,13-15H2,1-3H3,(H2,25,26,27);1H. The van der Waals surface area contributed by atoms with Crippen LogP contribution < -0.4 is 15.4 Å². The van der Waals surface area contributed by atoms with Crippen molar-refractivity contribution in [2.24, 2.45) is 4.99 Å². The summed E-state index contributed by atoms with van der Waals surface area (Å²) in [6.07, 6.45) is -0.821. The lowest BCUT2D eigenvalue weighted by Crippen LogP contribution is -2.39. The van der Waals surface area contributed by atoms with Gasteiger partial charge in [0.05, 0.1) is 12.6 Å². The van der Waals surface area contributed by atoms with Crippen LogP contribution >= 0.6 is 24.0 Å². The van der Waals surface area contributed by atoms with Gasteiger partial charge in [0.2, 0.25) is 0 Å². The molecule has 0 bridgehead atoms. The number of halogens is 3. The SMILES string of the molecule is CCNC(=NCc1cccc(CN(C)C)c1)NCC(O)c1ccc(OC(F)F)cc1.I. The molecule has 0 aliphatic rings. The molecule has 0 fully saturated rings. The molecular formula is C22H31F2IN4O2. The molecule has 9 heteroatoms. The van der Waals surface area contributed by atoms with Crippen LogP contribution in [0, 0.1) is 0 Å². The smallest absolute Gasteiger partial charge is 0.387 e. The summed E-state index contributed by atoms with van der Waals surface area (Å²) in [5.74, 6) is 0.646. The fourth-order valence-electron chi connectivity index (χ4n) is 2.89. The van der Waals surface area contributed by atoms with Gasteiger partial charge in [-0.2, -0.15) is 8.78 Å². The first-order valence-corrected chi connectivity index (χ1v) is 9.85. The van der Waals surface area contributed by atoms with E-state index in [4.69, 9.17) is 0 Å². The first-order chi connectivity index (χ1) is 14.4. The lowest BCUT2D eigenvalue weighted by atomic mass is 10.1. The number of benzene rings is 2. The fourth-order valence-corrected chi connectivity index (χ4v) is 2.89. The highest BCUT2D eigenvalue weighted by molar-refractivity contribution is 14.0. The number of hydrogen-bond acceptors (Lipinski definition) is 4. The summed E-state index contributed by atoms with van der Waals surface area (Å²) in [6, 6.07) is 14.2. The van der Waals surface area contributed by atoms with Gasteiger partial charge in [0.15, 0.2) is 5.96 Å². The lowest BCUT2D eigenvalue weighted by molar-refractivity contribution is -0.0498. The van der Waals surface area contributed by atoms with E-state index >= 15 is 0 Å². The van der Waals surface area contributed by atoms with Crippen LogP contribution in [0.2, 0.25) is 0 Å². The molecule has 31 heavy (non-hydrogen) atoms. The van der Waals surface area contributed by atoms with Gasteiger partial charge in [-0.15, -0.1) is 24.0 Å². The van der Waals surface area contributed by atoms with E-state index in [1.165, 1.54) is 17.7 Å². The molecule has 3 N–H and O–H groups in total. The second-order valence-corrected chi connectivity index (χ2v) is 7.10. The molecule has 0 amide bonds. The molecule has 0 saturated heterocycles. The van der Waals surface area contributed by atoms with E-state index in [2.05, 4.69) is 37.4 Å². The Morgan fingerprint density at radius 2 is 1.77 bits per heavy atom. The predicted molar refractivity (Wildman–Crippen MR) is 130 cm³/mol. The maximum atomic E-state index is 12.2. The third kappa shape index (κ3) is 10.3. The molecule has 0 aliphatic carbocycles. The van der Waals surface area contributed by atoms with Crippen molar-refractivity contribution >= 4 is 29.9 Å². The first-order valence-electron chi connectivity index (χ1n) is 9.85. The second-order valence-electron chi connectivity index (χ2n) is 7.10. The van der Waals surface area contributed by atoms with Crippen LogP contribution in [0.15, 0.2) is 53.5 Å². The van der Waals surface area contributed by atoms with Crippen LogP contribution in [0.3, 0.4) is 0 Å². The van der Waals surface area contributed by atoms with Crippen LogP contribution in [0.5, 0.6) is 5.75 Å². The summed E-state index contributed by atoms with van der Waals surface area (Å²) in [7, 11) is 4.06. The number of nitrogens with one attached hydrogen (secondary N) is 2. The highest BCUT2D eigenvalue weighted by Gasteiger charge is 2.10. The Labute approximate surface area is 199 Å². The van der Waals surface area contributed by atoms with Crippen molar-refractivity contribution in [1.29, 1.82) is 0 Å². The van der Waals surface area contributed by atoms with Crippen molar-refractivity contribution < 1.29 is 18.6 Å². The number of aliphatic hydroxyl groups is 1. The maximum Gasteiger partial charge on any atom is 0.387 e. The Morgan fingerprint density at radius 3 is 2.39 bits per heavy atom. The zero-order valence-corrected chi connectivity index (χ0v) is 20.3. The number of hydrogen-bond donors (Lipinski definition) is 3. The van der Waals surface area contributed by atoms with E-state index in [1.54, 1.807) is 12.1 Å². The predicted octanol–water partition coefficient (Wildman–Crippen LogP) is 3.76. The molecule has 2 rings (SSSR count). The van der Waals surface area contributed by atoms with E-state index in [0.29, 0.717) is 24.6 Å². The molecule has 1 atom stereocenters. The van der Waals surface area contributed by atoms with E-state index in [-0.39, 0.29) is 36.3 Å². The third-order valence-corrected chi connectivity index (χ3v) is 4.21. The minimum Gasteiger partial charge on any atom is -0.435 e. The molecule has 2 aromatic carbocycles. The molecule has 172 valence electrons. The monoisotopic (exact) mass is 548 g/mol. The van der Waals surface area contributed by atoms with Gasteiger partial charge in [-0.25, -0.2) is 4.99 Å². The topological polar surface area (TPSA) is 69.1 Å². The summed E-state index contributed by atoms with van der Waals surface area (Å²) in [4.78, 5) is 6.70. The minimum atomic E-state index is -2.87. The molecule has 0 saturated carbocycles. The summed E-state index contributed by atoms with van der Waals surface area (Å²) < 4.78 is 28.8. The van der Waals surface area contributed by atoms with Gasteiger partial charge in [0.25, 0.3) is 0 Å². The molecular weight excluding hydrogens is 517 g/mol. The highest BCUT2D eigenvalue weighted by atomic mass is 127. The van der Waals surface area contributed by atoms with Crippen molar-refractivity contribution in [2.75, 3.05) is 27.2 Å². The average molecular weight is 548 g/mol. The number of nitrogens with zero attached hydrogens (tertiary/aromatic N) is 2. The Balaban J connectivity index is 0.00000480. The number of guanidine groups is 1. The zero-order valence-electron chi connectivity index (χ0n) is 18.0. The summed E-state index contributed by atoms with van der Waals surface area (Å²) in [5, 5.41) is 16.6. The maximum absolute atomic E-state index is 12.2. The van der Waals surface area contributed by atoms with Crippen molar-refractivity contribution in [2.45, 2.75) is 32.7 Å². The molecule has 0 aromatic heterocycles. The molecule has 1 unspecified atom stereocenters. The number of alkyl halides is 2. The van der Waals surface area contributed by atoms with Gasteiger partial charge in [-0.05, 0) is 49.8 Å². The molecule has 0 aliphatic heterocycles. The minimum absolute atomic E-state index is 0. The Bertz CT molecular complexity index is 804. The normalized spacial score (nSPS) is 12.5. The van der Waals surface area contributed by atoms with Crippen LogP contribution in [-0.2, 0) is 13.1 Å². The van der Waals surface area contributed by atoms with Gasteiger partial charge < -0.3 is 25.4 Å². The summed E-state index contributed by atoms with van der Waals surface area (Å²) in [6.45, 7) is 1.37. The molecule has 2 aromatic rings. The van der Waals surface area contributed by atoms with E-state index in [0.717, 1.165) is 12.1 Å². The first kappa shape index (κ1) is 27.1. The van der Waals surface area contributed by atoms with Crippen molar-refractivity contribution in [1.82, 2.24) is 15.5 Å². The third-order valence-electron chi connectivity index (χ3n) is 4.21. The van der Waals surface area contributed by atoms with Gasteiger partial charge >= 0.3 is 6.61 Å². The summed E-state index contributed by atoms with van der Waals surface area (Å²) in [5.41, 5.74) is 2.92. The molecule has 6 nitrogen and oxygen atoms in total. The average Bonchev–Trinajstić information content (AvgIpc) is 2.70. The van der Waals surface area contributed by atoms with Crippen molar-refractivity contribution in [3.05, 3.63) is 65.2 Å². The van der Waals surface area contributed by atoms with Crippen LogP contribution in [0.1, 0.15) is 29.7 Å². The Morgan fingerprint density at radius 1 is 1.10 bits per heavy atom. The number of rotatable bonds is 10. The number of aliphatic imine (C=N–C) groups is 1. The van der Waals surface area contributed by atoms with Crippen molar-refractivity contribution in [3.63, 3.8) is 0 Å². The van der Waals surface area contributed by atoms with E-state index < -0.39 is 12.7 Å². The number of aliphatic hydroxyl groups excluding tert-OH is 1. The second kappa shape index (κ2) is 14.2. The van der Waals surface area contributed by atoms with E-state index in [1.807, 2.05) is 33.2 Å². The van der Waals surface area contributed by atoms with Crippen molar-refractivity contribution in [3.8, 4) is 5.75 Å². The quantitative estimate of drug-likeness (QED) is 0.240. The number of ether oxygens (including phenoxy) is 1. The van der Waals surface area contributed by atoms with Gasteiger partial charge in [0, 0.05) is 19.6 Å². The van der Waals surface area contributed by atoms with Crippen LogP contribution in [0.4, 0.5) is 8.78 Å². The molecule has 0 heterocycles. The van der Waals surface area contributed by atoms with Gasteiger partial charge in [0.1, 0.15) is 5.75 Å². The largest absolute Gasteiger partial charge is 0.435 e. The van der Waals surface area contributed by atoms with Gasteiger partial charge in [-0.1, -0.05) is 36.4 Å². The molecule has 0 spiro atoms. The fraction of sp³-hybridized carbons (Fsp3) is 0.409. The lowest BCUT2D eigenvalue weighted by Gasteiger charge is -2.16. The highest BCUT2D eigenvalue weighted by Crippen LogP contribution is 2.19. The van der Waals surface area contributed by atoms with E-state index in [9.17, 15) is 13.9 Å². The van der Waals surface area contributed by atoms with Crippen LogP contribution in [-0.4, -0.2) is 49.8 Å². The Kier molecular flexibility index (Phi) is 12.4. The molecule has 0 radical (unpaired) electrons. The summed E-state index contributed by atoms with van der Waals surface area (Å²) >= 11 is 0. The Hall–Kier alpha value is -1.98. The van der Waals surface area contributed by atoms with Gasteiger partial charge in [-0.3, -0.25) is 0 Å². The van der Waals surface area contributed by atoms with Crippen LogP contribution in [0.25, 0.3) is 0 Å².